The van der Waals surface area contributed by atoms with E-state index in [2.05, 4.69) is 17.9 Å². The van der Waals surface area contributed by atoms with Crippen LogP contribution in [0.25, 0.3) is 0 Å². The third kappa shape index (κ3) is 3.32. The van der Waals surface area contributed by atoms with Gasteiger partial charge in [-0.25, -0.2) is 0 Å². The molecular weight excluding hydrogens is 240 g/mol. The van der Waals surface area contributed by atoms with Crippen molar-refractivity contribution in [1.82, 2.24) is 0 Å². The molecule has 0 aliphatic carbocycles. The third-order valence-corrected chi connectivity index (χ3v) is 3.51. The summed E-state index contributed by atoms with van der Waals surface area (Å²) in [4.78, 5) is 2.27. The smallest absolute Gasteiger partial charge is 0.144 e. The van der Waals surface area contributed by atoms with Gasteiger partial charge in [-0.1, -0.05) is 6.07 Å². The Balaban J connectivity index is 2.14. The summed E-state index contributed by atoms with van der Waals surface area (Å²) in [7, 11) is 0. The lowest BCUT2D eigenvalue weighted by molar-refractivity contribution is 0.116. The molecule has 2 rings (SSSR count). The summed E-state index contributed by atoms with van der Waals surface area (Å²) in [5.74, 6) is 0.769. The van der Waals surface area contributed by atoms with E-state index < -0.39 is 0 Å². The molecule has 1 fully saturated rings. The molecule has 0 saturated carbocycles. The average Bonchev–Trinajstić information content (AvgIpc) is 2.92. The second-order valence-electron chi connectivity index (χ2n) is 4.80. The van der Waals surface area contributed by atoms with E-state index in [-0.39, 0.29) is 0 Å². The van der Waals surface area contributed by atoms with Crippen LogP contribution in [0.3, 0.4) is 0 Å². The molecule has 1 heterocycles. The van der Waals surface area contributed by atoms with Crippen LogP contribution in [-0.4, -0.2) is 32.4 Å². The van der Waals surface area contributed by atoms with Gasteiger partial charge in [-0.15, -0.1) is 0 Å². The largest absolute Gasteiger partial charge is 0.492 e. The van der Waals surface area contributed by atoms with Crippen LogP contribution in [0.5, 0.6) is 5.75 Å². The molecule has 1 aliphatic heterocycles. The fourth-order valence-corrected chi connectivity index (χ4v) is 2.52. The number of anilines is 2. The standard InChI is InChI=1S/C15H24N2O2/c1-3-17(11-12-7-6-10-19-12)13-8-5-9-14(15(13)16)18-4-2/h5,8-9,12H,3-4,6-7,10-11,16H2,1-2H3. The molecule has 1 unspecified atom stereocenters. The molecule has 1 aliphatic rings. The number of benzene rings is 1. The van der Waals surface area contributed by atoms with Gasteiger partial charge in [0.25, 0.3) is 0 Å². The van der Waals surface area contributed by atoms with Crippen molar-refractivity contribution in [2.45, 2.75) is 32.8 Å². The fraction of sp³-hybridized carbons (Fsp3) is 0.600. The number of nitrogens with two attached hydrogens (primary N) is 1. The molecule has 1 aromatic rings. The van der Waals surface area contributed by atoms with Gasteiger partial charge in [0.15, 0.2) is 0 Å². The maximum absolute atomic E-state index is 6.21. The highest BCUT2D eigenvalue weighted by atomic mass is 16.5. The van der Waals surface area contributed by atoms with Crippen molar-refractivity contribution in [3.8, 4) is 5.75 Å². The van der Waals surface area contributed by atoms with Gasteiger partial charge in [-0.05, 0) is 38.8 Å². The lowest BCUT2D eigenvalue weighted by Gasteiger charge is -2.27. The molecule has 0 bridgehead atoms. The zero-order chi connectivity index (χ0) is 13.7. The molecule has 1 saturated heterocycles. The van der Waals surface area contributed by atoms with Gasteiger partial charge in [0.2, 0.25) is 0 Å². The topological polar surface area (TPSA) is 47.7 Å². The molecule has 0 aromatic heterocycles. The Morgan fingerprint density at radius 2 is 2.26 bits per heavy atom. The van der Waals surface area contributed by atoms with E-state index in [9.17, 15) is 0 Å². The van der Waals surface area contributed by atoms with E-state index in [1.54, 1.807) is 0 Å². The predicted molar refractivity (Wildman–Crippen MR) is 78.9 cm³/mol. The summed E-state index contributed by atoms with van der Waals surface area (Å²) >= 11 is 0. The van der Waals surface area contributed by atoms with E-state index in [0.29, 0.717) is 12.7 Å². The number of rotatable bonds is 6. The van der Waals surface area contributed by atoms with Gasteiger partial charge in [-0.3, -0.25) is 0 Å². The van der Waals surface area contributed by atoms with Crippen LogP contribution in [0.1, 0.15) is 26.7 Å². The zero-order valence-corrected chi connectivity index (χ0v) is 11.9. The highest BCUT2D eigenvalue weighted by molar-refractivity contribution is 5.74. The van der Waals surface area contributed by atoms with Crippen LogP contribution in [0.15, 0.2) is 18.2 Å². The number of ether oxygens (including phenoxy) is 2. The van der Waals surface area contributed by atoms with Gasteiger partial charge in [0.1, 0.15) is 5.75 Å². The fourth-order valence-electron chi connectivity index (χ4n) is 2.52. The number of hydrogen-bond acceptors (Lipinski definition) is 4. The Bertz CT molecular complexity index is 403. The van der Waals surface area contributed by atoms with Crippen LogP contribution >= 0.6 is 0 Å². The first kappa shape index (κ1) is 14.0. The molecule has 106 valence electrons. The van der Waals surface area contributed by atoms with Crippen LogP contribution in [0.2, 0.25) is 0 Å². The van der Waals surface area contributed by atoms with Gasteiger partial charge in [-0.2, -0.15) is 0 Å². The number of nitrogens with zero attached hydrogens (tertiary/aromatic N) is 1. The summed E-state index contributed by atoms with van der Waals surface area (Å²) in [6.45, 7) is 7.44. The number of hydrogen-bond donors (Lipinski definition) is 1. The number of para-hydroxylation sites is 1. The quantitative estimate of drug-likeness (QED) is 0.802. The third-order valence-electron chi connectivity index (χ3n) is 3.51. The molecule has 0 radical (unpaired) electrons. The van der Waals surface area contributed by atoms with Gasteiger partial charge >= 0.3 is 0 Å². The maximum atomic E-state index is 6.21. The van der Waals surface area contributed by atoms with Gasteiger partial charge < -0.3 is 20.1 Å². The first-order valence-corrected chi connectivity index (χ1v) is 7.14. The van der Waals surface area contributed by atoms with Crippen LogP contribution in [0, 0.1) is 0 Å². The summed E-state index contributed by atoms with van der Waals surface area (Å²) in [5, 5.41) is 0. The molecule has 1 atom stereocenters. The maximum Gasteiger partial charge on any atom is 0.144 e. The molecule has 4 nitrogen and oxygen atoms in total. The molecule has 2 N–H and O–H groups in total. The van der Waals surface area contributed by atoms with E-state index in [0.717, 1.165) is 49.7 Å². The zero-order valence-electron chi connectivity index (χ0n) is 11.9. The first-order chi connectivity index (χ1) is 9.26. The molecule has 1 aromatic carbocycles. The van der Waals surface area contributed by atoms with Gasteiger partial charge in [0.05, 0.1) is 24.1 Å². The van der Waals surface area contributed by atoms with Crippen molar-refractivity contribution in [2.24, 2.45) is 0 Å². The summed E-state index contributed by atoms with van der Waals surface area (Å²) < 4.78 is 11.3. The van der Waals surface area contributed by atoms with Crippen molar-refractivity contribution in [2.75, 3.05) is 36.9 Å². The second-order valence-corrected chi connectivity index (χ2v) is 4.80. The molecule has 0 amide bonds. The van der Waals surface area contributed by atoms with Crippen molar-refractivity contribution in [1.29, 1.82) is 0 Å². The van der Waals surface area contributed by atoms with Crippen LogP contribution < -0.4 is 15.4 Å². The van der Waals surface area contributed by atoms with Crippen molar-refractivity contribution >= 4 is 11.4 Å². The molecular formula is C15H24N2O2. The highest BCUT2D eigenvalue weighted by Crippen LogP contribution is 2.32. The SMILES string of the molecule is CCOc1cccc(N(CC)CC2CCCO2)c1N. The Morgan fingerprint density at radius 3 is 2.89 bits per heavy atom. The molecule has 4 heteroatoms. The predicted octanol–water partition coefficient (Wildman–Crippen LogP) is 2.67. The number of likely N-dealkylation sites (N-methyl/N-ethyl adjacent to an activating group) is 1. The van der Waals surface area contributed by atoms with Crippen molar-refractivity contribution in [3.63, 3.8) is 0 Å². The Labute approximate surface area is 115 Å². The number of nitrogen functional groups attached to an aromatic ring is 1. The van der Waals surface area contributed by atoms with Gasteiger partial charge in [0, 0.05) is 19.7 Å². The van der Waals surface area contributed by atoms with E-state index >= 15 is 0 Å². The summed E-state index contributed by atoms with van der Waals surface area (Å²) in [6.07, 6.45) is 2.63. The van der Waals surface area contributed by atoms with E-state index in [4.69, 9.17) is 15.2 Å². The molecule has 19 heavy (non-hydrogen) atoms. The van der Waals surface area contributed by atoms with Crippen molar-refractivity contribution < 1.29 is 9.47 Å². The second kappa shape index (κ2) is 6.66. The highest BCUT2D eigenvalue weighted by Gasteiger charge is 2.20. The first-order valence-electron chi connectivity index (χ1n) is 7.14. The monoisotopic (exact) mass is 264 g/mol. The lowest BCUT2D eigenvalue weighted by atomic mass is 10.2. The van der Waals surface area contributed by atoms with E-state index in [1.165, 1.54) is 0 Å². The van der Waals surface area contributed by atoms with E-state index in [1.807, 2.05) is 19.1 Å². The lowest BCUT2D eigenvalue weighted by Crippen LogP contribution is -2.32. The average molecular weight is 264 g/mol. The minimum absolute atomic E-state index is 0.329. The molecule has 0 spiro atoms. The Kier molecular flexibility index (Phi) is 4.91. The Hall–Kier alpha value is -1.42. The van der Waals surface area contributed by atoms with Crippen molar-refractivity contribution in [3.05, 3.63) is 18.2 Å². The van der Waals surface area contributed by atoms with Crippen LogP contribution in [0.4, 0.5) is 11.4 Å². The van der Waals surface area contributed by atoms with Crippen LogP contribution in [-0.2, 0) is 4.74 Å². The minimum atomic E-state index is 0.329. The normalized spacial score (nSPS) is 18.5. The minimum Gasteiger partial charge on any atom is -0.492 e. The summed E-state index contributed by atoms with van der Waals surface area (Å²) in [5.41, 5.74) is 7.98. The Morgan fingerprint density at radius 1 is 1.42 bits per heavy atom. The summed E-state index contributed by atoms with van der Waals surface area (Å²) in [6, 6.07) is 5.97.